The van der Waals surface area contributed by atoms with E-state index in [4.69, 9.17) is 33.2 Å². The van der Waals surface area contributed by atoms with Gasteiger partial charge in [0, 0.05) is 31.7 Å². The van der Waals surface area contributed by atoms with Gasteiger partial charge in [-0.2, -0.15) is 0 Å². The van der Waals surface area contributed by atoms with Crippen molar-refractivity contribution in [3.63, 3.8) is 0 Å². The molecule has 1 fully saturated rings. The summed E-state index contributed by atoms with van der Waals surface area (Å²) in [4.78, 5) is 31.3. The van der Waals surface area contributed by atoms with E-state index in [-0.39, 0.29) is 12.0 Å². The second-order valence-corrected chi connectivity index (χ2v) is 11.1. The van der Waals surface area contributed by atoms with Crippen LogP contribution in [0.15, 0.2) is 24.3 Å². The third-order valence-corrected chi connectivity index (χ3v) is 8.19. The highest BCUT2D eigenvalue weighted by Gasteiger charge is 2.24. The zero-order chi connectivity index (χ0) is 32.2. The molecule has 0 aliphatic carbocycles. The molecule has 2 aromatic carbocycles. The maximum Gasteiger partial charge on any atom is 0.338 e. The molecule has 4 rings (SSSR count). The molecule has 0 radical (unpaired) electrons. The number of rotatable bonds is 7. The van der Waals surface area contributed by atoms with E-state index in [0.29, 0.717) is 78.0 Å². The van der Waals surface area contributed by atoms with Crippen LogP contribution in [0, 0.1) is 0 Å². The molecule has 2 aliphatic rings. The van der Waals surface area contributed by atoms with Crippen molar-refractivity contribution in [2.45, 2.75) is 38.2 Å². The van der Waals surface area contributed by atoms with Gasteiger partial charge < -0.3 is 48.3 Å². The first kappa shape index (κ1) is 34.0. The first-order valence-electron chi connectivity index (χ1n) is 15.5. The first-order valence-corrected chi connectivity index (χ1v) is 15.5. The summed E-state index contributed by atoms with van der Waals surface area (Å²) in [5.74, 6) is 1.75. The molecule has 1 amide bonds. The van der Waals surface area contributed by atoms with Crippen LogP contribution < -0.4 is 33.7 Å². The van der Waals surface area contributed by atoms with Crippen molar-refractivity contribution in [2.75, 3.05) is 88.0 Å². The lowest BCUT2D eigenvalue weighted by atomic mass is 10.1. The van der Waals surface area contributed by atoms with Crippen molar-refractivity contribution >= 4 is 11.9 Å². The minimum atomic E-state index is -0.467. The highest BCUT2D eigenvalue weighted by molar-refractivity contribution is 5.95. The third-order valence-electron chi connectivity index (χ3n) is 8.19. The van der Waals surface area contributed by atoms with Gasteiger partial charge in [0.2, 0.25) is 11.5 Å². The second kappa shape index (κ2) is 17.0. The van der Waals surface area contributed by atoms with Gasteiger partial charge in [-0.05, 0) is 76.0 Å². The molecule has 12 nitrogen and oxygen atoms in total. The summed E-state index contributed by atoms with van der Waals surface area (Å²) in [6.07, 6.45) is 3.42. The van der Waals surface area contributed by atoms with Gasteiger partial charge in [-0.3, -0.25) is 4.79 Å². The number of esters is 1. The second-order valence-electron chi connectivity index (χ2n) is 11.1. The normalized spacial score (nSPS) is 21.4. The van der Waals surface area contributed by atoms with Crippen molar-refractivity contribution in [3.05, 3.63) is 35.4 Å². The van der Waals surface area contributed by atoms with Crippen LogP contribution in [0.3, 0.4) is 0 Å². The maximum atomic E-state index is 13.4. The molecule has 2 heterocycles. The van der Waals surface area contributed by atoms with E-state index in [9.17, 15) is 9.59 Å². The van der Waals surface area contributed by atoms with Gasteiger partial charge in [-0.25, -0.2) is 4.79 Å². The van der Waals surface area contributed by atoms with Crippen molar-refractivity contribution in [2.24, 2.45) is 0 Å². The molecule has 45 heavy (non-hydrogen) atoms. The van der Waals surface area contributed by atoms with Gasteiger partial charge in [-0.15, -0.1) is 0 Å². The highest BCUT2D eigenvalue weighted by Crippen LogP contribution is 2.39. The standard InChI is InChI=1S/C33H47N3O9/c1-39-26-19-23-20-29(31(26)43-5)44-18-6-9-25(45-33(38)24-21-27(40-2)30(42-4)28(22-24)41-3)10-15-36-14-8-13-35(16-17-36)12-7-11-34-32(23)37/h19-22,25H,6-18H2,1-5H3,(H,34,37). The van der Waals surface area contributed by atoms with Gasteiger partial charge in [0.1, 0.15) is 6.10 Å². The molecule has 0 saturated carbocycles. The summed E-state index contributed by atoms with van der Waals surface area (Å²) in [7, 11) is 7.60. The molecule has 0 spiro atoms. The fraction of sp³-hybridized carbons (Fsp3) is 0.576. The molecule has 2 aliphatic heterocycles. The Kier molecular flexibility index (Phi) is 12.8. The van der Waals surface area contributed by atoms with Crippen LogP contribution in [-0.2, 0) is 4.74 Å². The number of carbonyl (C=O) groups excluding carboxylic acids is 2. The summed E-state index contributed by atoms with van der Waals surface area (Å²) in [5, 5.41) is 3.03. The Balaban J connectivity index is 1.55. The molecule has 1 N–H and O–H groups in total. The number of hydrogen-bond donors (Lipinski definition) is 1. The lowest BCUT2D eigenvalue weighted by Crippen LogP contribution is -2.34. The zero-order valence-electron chi connectivity index (χ0n) is 27.1. The van der Waals surface area contributed by atoms with Crippen molar-refractivity contribution in [1.82, 2.24) is 15.1 Å². The minimum Gasteiger partial charge on any atom is -0.493 e. The molecule has 3 unspecified atom stereocenters. The number of nitrogens with one attached hydrogen (secondary N) is 1. The quantitative estimate of drug-likeness (QED) is 0.453. The molecule has 248 valence electrons. The summed E-state index contributed by atoms with van der Waals surface area (Å²) in [6, 6.07) is 6.53. The summed E-state index contributed by atoms with van der Waals surface area (Å²) < 4.78 is 39.6. The number of nitrogens with zero attached hydrogens (tertiary/aromatic N) is 2. The summed E-state index contributed by atoms with van der Waals surface area (Å²) in [6.45, 7) is 6.50. The summed E-state index contributed by atoms with van der Waals surface area (Å²) in [5.41, 5.74) is 0.747. The monoisotopic (exact) mass is 629 g/mol. The Labute approximate surface area is 265 Å². The van der Waals surface area contributed by atoms with E-state index in [2.05, 4.69) is 15.1 Å². The molecule has 12 heteroatoms. The number of fused-ring (bicyclic) bond motifs is 5. The number of benzene rings is 2. The van der Waals surface area contributed by atoms with Crippen molar-refractivity contribution < 1.29 is 42.7 Å². The molecule has 3 atom stereocenters. The van der Waals surface area contributed by atoms with Crippen LogP contribution in [0.4, 0.5) is 0 Å². The average Bonchev–Trinajstić information content (AvgIpc) is 3.30. The Morgan fingerprint density at radius 2 is 1.36 bits per heavy atom. The lowest BCUT2D eigenvalue weighted by Gasteiger charge is -2.25. The molecule has 4 bridgehead atoms. The number of carbonyl (C=O) groups is 2. The molecular weight excluding hydrogens is 582 g/mol. The topological polar surface area (TPSA) is 117 Å². The zero-order valence-corrected chi connectivity index (χ0v) is 27.1. The lowest BCUT2D eigenvalue weighted by molar-refractivity contribution is 0.0221. The van der Waals surface area contributed by atoms with Crippen LogP contribution in [0.2, 0.25) is 0 Å². The maximum absolute atomic E-state index is 13.4. The fourth-order valence-electron chi connectivity index (χ4n) is 5.75. The van der Waals surface area contributed by atoms with E-state index in [1.165, 1.54) is 35.5 Å². The highest BCUT2D eigenvalue weighted by atomic mass is 16.6. The Bertz CT molecular complexity index is 1260. The molecule has 2 aromatic rings. The van der Waals surface area contributed by atoms with Crippen molar-refractivity contribution in [1.29, 1.82) is 0 Å². The minimum absolute atomic E-state index is 0.195. The molecule has 1 saturated heterocycles. The first-order chi connectivity index (χ1) is 21.9. The Morgan fingerprint density at radius 1 is 0.733 bits per heavy atom. The molecular formula is C33H47N3O9. The number of hydrogen-bond acceptors (Lipinski definition) is 11. The average molecular weight is 630 g/mol. The predicted octanol–water partition coefficient (Wildman–Crippen LogP) is 3.65. The third kappa shape index (κ3) is 9.07. The van der Waals surface area contributed by atoms with Crippen LogP contribution in [-0.4, -0.2) is 116 Å². The molecule has 0 aromatic heterocycles. The Hall–Kier alpha value is -3.90. The van der Waals surface area contributed by atoms with E-state index in [1.807, 2.05) is 0 Å². The Morgan fingerprint density at radius 3 is 2.00 bits per heavy atom. The van der Waals surface area contributed by atoms with Crippen LogP contribution in [0.5, 0.6) is 34.5 Å². The van der Waals surface area contributed by atoms with E-state index >= 15 is 0 Å². The van der Waals surface area contributed by atoms with E-state index in [1.54, 1.807) is 24.3 Å². The number of amides is 1. The fourth-order valence-corrected chi connectivity index (χ4v) is 5.75. The van der Waals surface area contributed by atoms with Crippen molar-refractivity contribution in [3.8, 4) is 34.5 Å². The van der Waals surface area contributed by atoms with Gasteiger partial charge in [-0.1, -0.05) is 0 Å². The van der Waals surface area contributed by atoms with Gasteiger partial charge >= 0.3 is 5.97 Å². The van der Waals surface area contributed by atoms with E-state index < -0.39 is 5.97 Å². The smallest absolute Gasteiger partial charge is 0.338 e. The predicted molar refractivity (Wildman–Crippen MR) is 169 cm³/mol. The largest absolute Gasteiger partial charge is 0.493 e. The van der Waals surface area contributed by atoms with Crippen LogP contribution in [0.25, 0.3) is 0 Å². The van der Waals surface area contributed by atoms with Gasteiger partial charge in [0.15, 0.2) is 23.0 Å². The van der Waals surface area contributed by atoms with Crippen LogP contribution in [0.1, 0.15) is 52.8 Å². The summed E-state index contributed by atoms with van der Waals surface area (Å²) >= 11 is 0. The van der Waals surface area contributed by atoms with Crippen LogP contribution >= 0.6 is 0 Å². The SMILES string of the molecule is COc1cc(C(=O)OC2CCCOc3cc(cc(OC)c3OC)C(=O)NCCCN3CCCN(CC2)CC3)cc(OC)c1OC. The van der Waals surface area contributed by atoms with Gasteiger partial charge in [0.05, 0.1) is 47.7 Å². The van der Waals surface area contributed by atoms with E-state index in [0.717, 1.165) is 52.1 Å². The number of ether oxygens (including phenoxy) is 7. The van der Waals surface area contributed by atoms with Gasteiger partial charge in [0.25, 0.3) is 5.91 Å². The number of methoxy groups -OCH3 is 5.